The minimum atomic E-state index is -0.966. The predicted molar refractivity (Wildman–Crippen MR) is 70.8 cm³/mol. The summed E-state index contributed by atoms with van der Waals surface area (Å²) in [5, 5.41) is 9.06. The van der Waals surface area contributed by atoms with Gasteiger partial charge in [-0.05, 0) is 31.4 Å². The molecule has 0 saturated heterocycles. The Morgan fingerprint density at radius 2 is 2.06 bits per heavy atom. The van der Waals surface area contributed by atoms with Crippen molar-refractivity contribution in [1.29, 1.82) is 0 Å². The Bertz CT molecular complexity index is 453. The zero-order chi connectivity index (χ0) is 13.1. The normalized spacial score (nSPS) is 23.3. The quantitative estimate of drug-likeness (QED) is 0.671. The van der Waals surface area contributed by atoms with Crippen LogP contribution in [0.15, 0.2) is 29.2 Å². The first kappa shape index (κ1) is 13.1. The Labute approximate surface area is 111 Å². The number of thioether (sulfide) groups is 1. The number of Topliss-reactive ketones (excluding diaryl/α,β-unsaturated/α-hetero) is 1. The van der Waals surface area contributed by atoms with Gasteiger partial charge >= 0.3 is 5.97 Å². The number of carboxylic acids is 1. The maximum absolute atomic E-state index is 11.5. The van der Waals surface area contributed by atoms with Gasteiger partial charge in [0.25, 0.3) is 0 Å². The van der Waals surface area contributed by atoms with Crippen LogP contribution in [0.1, 0.15) is 18.4 Å². The summed E-state index contributed by atoms with van der Waals surface area (Å²) in [7, 11) is 0. The van der Waals surface area contributed by atoms with Crippen LogP contribution in [-0.4, -0.2) is 22.6 Å². The third kappa shape index (κ3) is 2.93. The van der Waals surface area contributed by atoms with Crippen LogP contribution >= 0.6 is 11.8 Å². The Morgan fingerprint density at radius 1 is 1.39 bits per heavy atom. The number of hydrogen-bond acceptors (Lipinski definition) is 3. The Kier molecular flexibility index (Phi) is 4.07. The molecule has 2 rings (SSSR count). The van der Waals surface area contributed by atoms with Crippen molar-refractivity contribution in [3.63, 3.8) is 0 Å². The van der Waals surface area contributed by atoms with E-state index in [0.29, 0.717) is 18.6 Å². The van der Waals surface area contributed by atoms with Gasteiger partial charge in [-0.2, -0.15) is 0 Å². The highest BCUT2D eigenvalue weighted by Crippen LogP contribution is 2.34. The van der Waals surface area contributed by atoms with Crippen molar-refractivity contribution >= 4 is 23.5 Å². The molecule has 2 unspecified atom stereocenters. The molecule has 0 heterocycles. The molecule has 96 valence electrons. The van der Waals surface area contributed by atoms with Gasteiger partial charge in [0.1, 0.15) is 11.7 Å². The van der Waals surface area contributed by atoms with Crippen LogP contribution in [0.3, 0.4) is 0 Å². The molecular weight excluding hydrogens is 248 g/mol. The molecule has 3 nitrogen and oxygen atoms in total. The molecule has 0 amide bonds. The number of rotatable bonds is 4. The van der Waals surface area contributed by atoms with Gasteiger partial charge in [-0.25, -0.2) is 0 Å². The maximum Gasteiger partial charge on any atom is 0.314 e. The molecule has 1 N–H and O–H groups in total. The number of carbonyl (C=O) groups is 2. The first-order valence-electron chi connectivity index (χ1n) is 6.03. The van der Waals surface area contributed by atoms with E-state index in [2.05, 4.69) is 0 Å². The van der Waals surface area contributed by atoms with Gasteiger partial charge in [-0.3, -0.25) is 9.59 Å². The highest BCUT2D eigenvalue weighted by Gasteiger charge is 2.39. The van der Waals surface area contributed by atoms with Gasteiger partial charge in [-0.15, -0.1) is 11.8 Å². The lowest BCUT2D eigenvalue weighted by molar-refractivity contribution is -0.146. The first-order chi connectivity index (χ1) is 8.58. The van der Waals surface area contributed by atoms with Gasteiger partial charge in [0.05, 0.1) is 0 Å². The SMILES string of the molecule is Cc1ccc(SCC2CCC(=O)C2C(=O)O)cc1. The van der Waals surface area contributed by atoms with Crippen molar-refractivity contribution in [3.05, 3.63) is 29.8 Å². The molecule has 0 aliphatic heterocycles. The summed E-state index contributed by atoms with van der Waals surface area (Å²) in [6.45, 7) is 2.03. The molecule has 1 aliphatic carbocycles. The van der Waals surface area contributed by atoms with E-state index in [0.717, 1.165) is 4.90 Å². The first-order valence-corrected chi connectivity index (χ1v) is 7.01. The molecule has 1 fully saturated rings. The number of aryl methyl sites for hydroxylation is 1. The van der Waals surface area contributed by atoms with E-state index < -0.39 is 11.9 Å². The van der Waals surface area contributed by atoms with Gasteiger partial charge in [0, 0.05) is 17.1 Å². The van der Waals surface area contributed by atoms with Gasteiger partial charge in [0.15, 0.2) is 0 Å². The minimum absolute atomic E-state index is 0.0266. The zero-order valence-corrected chi connectivity index (χ0v) is 11.1. The number of carbonyl (C=O) groups excluding carboxylic acids is 1. The fraction of sp³-hybridized carbons (Fsp3) is 0.429. The third-order valence-electron chi connectivity index (χ3n) is 3.33. The summed E-state index contributed by atoms with van der Waals surface area (Å²) >= 11 is 1.63. The molecule has 0 aromatic heterocycles. The lowest BCUT2D eigenvalue weighted by atomic mass is 9.98. The lowest BCUT2D eigenvalue weighted by Crippen LogP contribution is -2.25. The molecular formula is C14H16O3S. The molecule has 1 aromatic rings. The van der Waals surface area contributed by atoms with E-state index in [4.69, 9.17) is 5.11 Å². The Balaban J connectivity index is 1.95. The molecule has 0 spiro atoms. The molecule has 1 aliphatic rings. The van der Waals surface area contributed by atoms with Crippen molar-refractivity contribution in [2.75, 3.05) is 5.75 Å². The van der Waals surface area contributed by atoms with Crippen molar-refractivity contribution in [1.82, 2.24) is 0 Å². The highest BCUT2D eigenvalue weighted by molar-refractivity contribution is 7.99. The second-order valence-corrected chi connectivity index (χ2v) is 5.80. The number of hydrogen-bond donors (Lipinski definition) is 1. The van der Waals surface area contributed by atoms with E-state index >= 15 is 0 Å². The van der Waals surface area contributed by atoms with Crippen LogP contribution in [0.4, 0.5) is 0 Å². The number of carboxylic acid groups (broad SMARTS) is 1. The van der Waals surface area contributed by atoms with Gasteiger partial charge in [-0.1, -0.05) is 17.7 Å². The monoisotopic (exact) mass is 264 g/mol. The van der Waals surface area contributed by atoms with E-state index in [-0.39, 0.29) is 11.7 Å². The largest absolute Gasteiger partial charge is 0.481 e. The van der Waals surface area contributed by atoms with E-state index in [1.54, 1.807) is 11.8 Å². The lowest BCUT2D eigenvalue weighted by Gasteiger charge is -2.13. The average Bonchev–Trinajstić information content (AvgIpc) is 2.70. The number of aliphatic carboxylic acids is 1. The molecule has 4 heteroatoms. The van der Waals surface area contributed by atoms with Crippen molar-refractivity contribution in [2.24, 2.45) is 11.8 Å². The van der Waals surface area contributed by atoms with E-state index in [1.165, 1.54) is 5.56 Å². The Hall–Kier alpha value is -1.29. The third-order valence-corrected chi connectivity index (χ3v) is 4.53. The van der Waals surface area contributed by atoms with Crippen molar-refractivity contribution < 1.29 is 14.7 Å². The molecule has 2 atom stereocenters. The highest BCUT2D eigenvalue weighted by atomic mass is 32.2. The second kappa shape index (κ2) is 5.57. The topological polar surface area (TPSA) is 54.4 Å². The standard InChI is InChI=1S/C14H16O3S/c1-9-2-5-11(6-3-9)18-8-10-4-7-12(15)13(10)14(16)17/h2-3,5-6,10,13H,4,7-8H2,1H3,(H,16,17). The summed E-state index contributed by atoms with van der Waals surface area (Å²) in [6, 6.07) is 8.15. The Morgan fingerprint density at radius 3 is 2.67 bits per heavy atom. The van der Waals surface area contributed by atoms with Crippen molar-refractivity contribution in [2.45, 2.75) is 24.7 Å². The minimum Gasteiger partial charge on any atom is -0.481 e. The van der Waals surface area contributed by atoms with E-state index in [1.807, 2.05) is 31.2 Å². The molecule has 0 radical (unpaired) electrons. The van der Waals surface area contributed by atoms with Crippen LogP contribution in [0.25, 0.3) is 0 Å². The van der Waals surface area contributed by atoms with Gasteiger partial charge in [0.2, 0.25) is 0 Å². The van der Waals surface area contributed by atoms with Crippen LogP contribution in [0.2, 0.25) is 0 Å². The predicted octanol–water partition coefficient (Wildman–Crippen LogP) is 2.77. The molecule has 18 heavy (non-hydrogen) atoms. The van der Waals surface area contributed by atoms with Gasteiger partial charge < -0.3 is 5.11 Å². The number of benzene rings is 1. The molecule has 0 bridgehead atoms. The summed E-state index contributed by atoms with van der Waals surface area (Å²) < 4.78 is 0. The van der Waals surface area contributed by atoms with Crippen LogP contribution in [0, 0.1) is 18.8 Å². The van der Waals surface area contributed by atoms with Crippen LogP contribution < -0.4 is 0 Å². The maximum atomic E-state index is 11.5. The van der Waals surface area contributed by atoms with E-state index in [9.17, 15) is 9.59 Å². The molecule has 1 saturated carbocycles. The summed E-state index contributed by atoms with van der Waals surface area (Å²) in [4.78, 5) is 23.7. The smallest absolute Gasteiger partial charge is 0.314 e. The zero-order valence-electron chi connectivity index (χ0n) is 10.3. The number of ketones is 1. The second-order valence-electron chi connectivity index (χ2n) is 4.71. The van der Waals surface area contributed by atoms with Crippen molar-refractivity contribution in [3.8, 4) is 0 Å². The van der Waals surface area contributed by atoms with Crippen LogP contribution in [0.5, 0.6) is 0 Å². The fourth-order valence-electron chi connectivity index (χ4n) is 2.27. The molecule has 1 aromatic carbocycles. The summed E-state index contributed by atoms with van der Waals surface area (Å²) in [5.41, 5.74) is 1.21. The van der Waals surface area contributed by atoms with Crippen LogP contribution in [-0.2, 0) is 9.59 Å². The summed E-state index contributed by atoms with van der Waals surface area (Å²) in [5.74, 6) is -1.19. The average molecular weight is 264 g/mol. The summed E-state index contributed by atoms with van der Waals surface area (Å²) in [6.07, 6.45) is 1.12. The fourth-order valence-corrected chi connectivity index (χ4v) is 3.36.